The highest BCUT2D eigenvalue weighted by molar-refractivity contribution is 6.02. The third-order valence-electron chi connectivity index (χ3n) is 6.11. The second-order valence-corrected chi connectivity index (χ2v) is 9.53. The zero-order valence-corrected chi connectivity index (χ0v) is 19.1. The molecule has 0 aromatic heterocycles. The van der Waals surface area contributed by atoms with Crippen molar-refractivity contribution in [2.75, 3.05) is 11.4 Å². The second kappa shape index (κ2) is 8.41. The molecule has 168 valence electrons. The van der Waals surface area contributed by atoms with E-state index in [1.54, 1.807) is 16.7 Å². The molecule has 0 bridgehead atoms. The number of amides is 2. The van der Waals surface area contributed by atoms with Gasteiger partial charge >= 0.3 is 5.97 Å². The normalized spacial score (nSPS) is 19.9. The van der Waals surface area contributed by atoms with E-state index in [2.05, 4.69) is 6.07 Å². The number of hydrogen-bond acceptors (Lipinski definition) is 4. The van der Waals surface area contributed by atoms with E-state index in [9.17, 15) is 14.4 Å². The van der Waals surface area contributed by atoms with Gasteiger partial charge in [0, 0.05) is 25.6 Å². The van der Waals surface area contributed by atoms with Gasteiger partial charge in [-0.3, -0.25) is 14.5 Å². The van der Waals surface area contributed by atoms with Gasteiger partial charge in [0.2, 0.25) is 11.8 Å². The molecule has 2 aliphatic heterocycles. The van der Waals surface area contributed by atoms with Gasteiger partial charge in [0.05, 0.1) is 12.5 Å². The molecule has 0 unspecified atom stereocenters. The first-order valence-corrected chi connectivity index (χ1v) is 11.1. The van der Waals surface area contributed by atoms with Crippen LogP contribution >= 0.6 is 0 Å². The van der Waals surface area contributed by atoms with Crippen LogP contribution < -0.4 is 4.90 Å². The smallest absolute Gasteiger partial charge is 0.330 e. The summed E-state index contributed by atoms with van der Waals surface area (Å²) in [5.74, 6) is -0.643. The molecule has 2 aromatic carbocycles. The zero-order valence-electron chi connectivity index (χ0n) is 19.1. The van der Waals surface area contributed by atoms with Gasteiger partial charge in [0.25, 0.3) is 0 Å². The minimum atomic E-state index is -0.705. The van der Waals surface area contributed by atoms with Crippen LogP contribution in [-0.2, 0) is 32.0 Å². The number of ether oxygens (including phenoxy) is 1. The summed E-state index contributed by atoms with van der Waals surface area (Å²) < 4.78 is 5.64. The quantitative estimate of drug-likeness (QED) is 0.689. The lowest BCUT2D eigenvalue weighted by molar-refractivity contribution is -0.157. The molecule has 6 nitrogen and oxygen atoms in total. The highest BCUT2D eigenvalue weighted by Crippen LogP contribution is 2.37. The molecule has 0 fully saturated rings. The maximum atomic E-state index is 13.7. The Morgan fingerprint density at radius 1 is 1.00 bits per heavy atom. The molecule has 2 amide bonds. The Morgan fingerprint density at radius 3 is 2.34 bits per heavy atom. The Morgan fingerprint density at radius 2 is 1.66 bits per heavy atom. The van der Waals surface area contributed by atoms with Crippen LogP contribution in [0.4, 0.5) is 5.69 Å². The molecule has 2 heterocycles. The molecule has 2 aliphatic rings. The van der Waals surface area contributed by atoms with Crippen LogP contribution in [0, 0.1) is 0 Å². The summed E-state index contributed by atoms with van der Waals surface area (Å²) >= 11 is 0. The number of nitrogens with zero attached hydrogens (tertiary/aromatic N) is 2. The van der Waals surface area contributed by atoms with Crippen LogP contribution in [0.1, 0.15) is 56.8 Å². The van der Waals surface area contributed by atoms with Gasteiger partial charge < -0.3 is 9.64 Å². The highest BCUT2D eigenvalue weighted by atomic mass is 16.6. The third kappa shape index (κ3) is 4.27. The number of esters is 1. The molecule has 0 radical (unpaired) electrons. The Kier molecular flexibility index (Phi) is 5.80. The standard InChI is InChI=1S/C26H30N2O4/c1-17(29)27-14-13-18-9-5-7-11-20(18)22(27)16-24(30)28-21-12-8-6-10-19(21)15-23(28)25(31)32-26(2,3)4/h5-12,22-23H,13-16H2,1-4H3/t22-,23+/m0/s1. The maximum absolute atomic E-state index is 13.7. The van der Waals surface area contributed by atoms with Gasteiger partial charge in [-0.15, -0.1) is 0 Å². The van der Waals surface area contributed by atoms with E-state index >= 15 is 0 Å². The van der Waals surface area contributed by atoms with Gasteiger partial charge in [0.15, 0.2) is 0 Å². The molecule has 4 rings (SSSR count). The van der Waals surface area contributed by atoms with E-state index in [0.29, 0.717) is 13.0 Å². The van der Waals surface area contributed by atoms with Gasteiger partial charge in [-0.2, -0.15) is 0 Å². The van der Waals surface area contributed by atoms with E-state index < -0.39 is 17.6 Å². The molecule has 32 heavy (non-hydrogen) atoms. The van der Waals surface area contributed by atoms with Crippen molar-refractivity contribution in [1.82, 2.24) is 4.90 Å². The lowest BCUT2D eigenvalue weighted by atomic mass is 9.90. The summed E-state index contributed by atoms with van der Waals surface area (Å²) in [6.45, 7) is 7.59. The van der Waals surface area contributed by atoms with Crippen molar-refractivity contribution in [3.63, 3.8) is 0 Å². The number of hydrogen-bond donors (Lipinski definition) is 0. The summed E-state index contributed by atoms with van der Waals surface area (Å²) in [6, 6.07) is 14.5. The van der Waals surface area contributed by atoms with Crippen LogP contribution in [0.3, 0.4) is 0 Å². The predicted octanol–water partition coefficient (Wildman–Crippen LogP) is 3.82. The monoisotopic (exact) mass is 434 g/mol. The van der Waals surface area contributed by atoms with Gasteiger partial charge in [-0.1, -0.05) is 42.5 Å². The SMILES string of the molecule is CC(=O)N1CCc2ccccc2[C@@H]1CC(=O)N1c2ccccc2C[C@@H]1C(=O)OC(C)(C)C. The van der Waals surface area contributed by atoms with Gasteiger partial charge in [-0.25, -0.2) is 4.79 Å². The predicted molar refractivity (Wildman–Crippen MR) is 122 cm³/mol. The van der Waals surface area contributed by atoms with Gasteiger partial charge in [0.1, 0.15) is 11.6 Å². The Hall–Kier alpha value is -3.15. The Balaban J connectivity index is 1.66. The maximum Gasteiger partial charge on any atom is 0.330 e. The van der Waals surface area contributed by atoms with Crippen LogP contribution in [0.15, 0.2) is 48.5 Å². The topological polar surface area (TPSA) is 66.9 Å². The van der Waals surface area contributed by atoms with E-state index in [-0.39, 0.29) is 24.3 Å². The molecule has 6 heteroatoms. The number of fused-ring (bicyclic) bond motifs is 2. The van der Waals surface area contributed by atoms with Crippen LogP contribution in [-0.4, -0.2) is 40.9 Å². The molecule has 0 N–H and O–H groups in total. The Labute approximate surface area is 189 Å². The third-order valence-corrected chi connectivity index (χ3v) is 6.11. The summed E-state index contributed by atoms with van der Waals surface area (Å²) in [7, 11) is 0. The minimum absolute atomic E-state index is 0.0529. The fourth-order valence-electron chi connectivity index (χ4n) is 4.77. The van der Waals surface area contributed by atoms with E-state index in [0.717, 1.165) is 28.8 Å². The zero-order chi connectivity index (χ0) is 23.0. The summed E-state index contributed by atoms with van der Waals surface area (Å²) in [6.07, 6.45) is 1.31. The van der Waals surface area contributed by atoms with Crippen molar-refractivity contribution in [1.29, 1.82) is 0 Å². The first-order chi connectivity index (χ1) is 15.2. The average Bonchev–Trinajstić information content (AvgIpc) is 3.12. The number of carbonyl (C=O) groups excluding carboxylic acids is 3. The molecule has 0 spiro atoms. The fourth-order valence-corrected chi connectivity index (χ4v) is 4.77. The average molecular weight is 435 g/mol. The molecular weight excluding hydrogens is 404 g/mol. The lowest BCUT2D eigenvalue weighted by Crippen LogP contribution is -2.48. The van der Waals surface area contributed by atoms with Crippen molar-refractivity contribution < 1.29 is 19.1 Å². The van der Waals surface area contributed by atoms with Crippen molar-refractivity contribution in [3.05, 3.63) is 65.2 Å². The molecule has 2 atom stereocenters. The largest absolute Gasteiger partial charge is 0.458 e. The number of para-hydroxylation sites is 1. The first kappa shape index (κ1) is 22.1. The summed E-state index contributed by atoms with van der Waals surface area (Å²) in [5, 5.41) is 0. The summed E-state index contributed by atoms with van der Waals surface area (Å²) in [5.41, 5.74) is 3.21. The Bertz CT molecular complexity index is 1060. The summed E-state index contributed by atoms with van der Waals surface area (Å²) in [4.78, 5) is 42.5. The fraction of sp³-hybridized carbons (Fsp3) is 0.423. The van der Waals surface area contributed by atoms with Crippen molar-refractivity contribution >= 4 is 23.5 Å². The van der Waals surface area contributed by atoms with Crippen molar-refractivity contribution in [2.45, 2.75) is 64.6 Å². The van der Waals surface area contributed by atoms with E-state index in [1.165, 1.54) is 0 Å². The van der Waals surface area contributed by atoms with Crippen LogP contribution in [0.5, 0.6) is 0 Å². The number of benzene rings is 2. The first-order valence-electron chi connectivity index (χ1n) is 11.1. The van der Waals surface area contributed by atoms with Gasteiger partial charge in [-0.05, 0) is 49.9 Å². The highest BCUT2D eigenvalue weighted by Gasteiger charge is 2.42. The van der Waals surface area contributed by atoms with Crippen molar-refractivity contribution in [3.8, 4) is 0 Å². The van der Waals surface area contributed by atoms with Crippen molar-refractivity contribution in [2.24, 2.45) is 0 Å². The van der Waals surface area contributed by atoms with Crippen LogP contribution in [0.2, 0.25) is 0 Å². The van der Waals surface area contributed by atoms with Crippen LogP contribution in [0.25, 0.3) is 0 Å². The number of rotatable bonds is 3. The number of anilines is 1. The van der Waals surface area contributed by atoms with E-state index in [1.807, 2.05) is 63.2 Å². The molecule has 0 aliphatic carbocycles. The molecular formula is C26H30N2O4. The minimum Gasteiger partial charge on any atom is -0.458 e. The number of carbonyl (C=O) groups is 3. The lowest BCUT2D eigenvalue weighted by Gasteiger charge is -2.37. The second-order valence-electron chi connectivity index (χ2n) is 9.53. The molecule has 2 aromatic rings. The molecule has 0 saturated heterocycles. The molecule has 0 saturated carbocycles. The van der Waals surface area contributed by atoms with E-state index in [4.69, 9.17) is 4.74 Å².